The van der Waals surface area contributed by atoms with Gasteiger partial charge in [0, 0.05) is 48.4 Å². The Labute approximate surface area is 257 Å². The van der Waals surface area contributed by atoms with Gasteiger partial charge in [0.2, 0.25) is 0 Å². The van der Waals surface area contributed by atoms with Crippen molar-refractivity contribution in [1.82, 2.24) is 9.78 Å². The average molecular weight is 586 g/mol. The minimum absolute atomic E-state index is 0.140. The first-order valence-electron chi connectivity index (χ1n) is 14.8. The maximum absolute atomic E-state index is 14.2. The van der Waals surface area contributed by atoms with E-state index in [2.05, 4.69) is 48.4 Å². The number of carbonyl (C=O) groups excluding carboxylic acids is 1. The molecular weight excluding hydrogens is 550 g/mol. The van der Waals surface area contributed by atoms with Gasteiger partial charge in [0.25, 0.3) is 5.91 Å². The quantitative estimate of drug-likeness (QED) is 0.182. The molecule has 222 valence electrons. The van der Waals surface area contributed by atoms with E-state index in [-0.39, 0.29) is 11.5 Å². The van der Waals surface area contributed by atoms with Gasteiger partial charge < -0.3 is 14.7 Å². The molecule has 0 unspecified atom stereocenters. The number of carboxylic acid groups (broad SMARTS) is 1. The minimum atomic E-state index is -1.03. The molecule has 0 saturated heterocycles. The van der Waals surface area contributed by atoms with Gasteiger partial charge in [-0.05, 0) is 78.6 Å². The Morgan fingerprint density at radius 1 is 0.955 bits per heavy atom. The fourth-order valence-corrected chi connectivity index (χ4v) is 6.31. The second-order valence-corrected chi connectivity index (χ2v) is 11.3. The van der Waals surface area contributed by atoms with E-state index in [9.17, 15) is 14.7 Å². The monoisotopic (exact) mass is 585 g/mol. The molecule has 1 amide bonds. The third kappa shape index (κ3) is 5.26. The zero-order valence-electron chi connectivity index (χ0n) is 25.4. The van der Waals surface area contributed by atoms with E-state index in [1.54, 1.807) is 24.1 Å². The number of nitrogens with zero attached hydrogens (tertiary/aromatic N) is 3. The number of carboxylic acids is 1. The van der Waals surface area contributed by atoms with Crippen molar-refractivity contribution < 1.29 is 19.4 Å². The van der Waals surface area contributed by atoms with Gasteiger partial charge in [-0.3, -0.25) is 9.48 Å². The Morgan fingerprint density at radius 3 is 2.45 bits per heavy atom. The fourth-order valence-electron chi connectivity index (χ4n) is 6.31. The van der Waals surface area contributed by atoms with Crippen molar-refractivity contribution in [3.8, 4) is 16.9 Å². The predicted molar refractivity (Wildman–Crippen MR) is 174 cm³/mol. The third-order valence-corrected chi connectivity index (χ3v) is 8.62. The highest BCUT2D eigenvalue weighted by Gasteiger charge is 2.31. The molecule has 4 aromatic carbocycles. The molecule has 6 rings (SSSR count). The van der Waals surface area contributed by atoms with Crippen LogP contribution in [0.3, 0.4) is 0 Å². The first kappa shape index (κ1) is 28.9. The van der Waals surface area contributed by atoms with Gasteiger partial charge in [0.1, 0.15) is 5.75 Å². The zero-order valence-corrected chi connectivity index (χ0v) is 25.4. The second kappa shape index (κ2) is 11.8. The molecule has 7 nitrogen and oxygen atoms in total. The molecule has 0 radical (unpaired) electrons. The highest BCUT2D eigenvalue weighted by Crippen LogP contribution is 2.43. The maximum Gasteiger partial charge on any atom is 0.335 e. The highest BCUT2D eigenvalue weighted by molar-refractivity contribution is 6.12. The molecule has 0 bridgehead atoms. The highest BCUT2D eigenvalue weighted by atomic mass is 16.5. The number of rotatable bonds is 9. The first-order chi connectivity index (χ1) is 21.2. The van der Waals surface area contributed by atoms with Crippen LogP contribution in [0.4, 0.5) is 5.69 Å². The van der Waals surface area contributed by atoms with Crippen LogP contribution in [0.2, 0.25) is 0 Å². The standard InChI is InChI=1S/C37H35N3O4/c1-23-35(24(2)40(4)38-23)31-17-9-16-29-30(18-10-20-44-34-19-8-12-25-11-5-6-15-28(25)34)33(22-32(29)31)36(41)39(3)27-14-7-13-26(21-27)37(42)43/h5-9,11-17,19,21H,10,18,20,22H2,1-4H3,(H,42,43). The molecule has 1 aliphatic rings. The van der Waals surface area contributed by atoms with Crippen LogP contribution < -0.4 is 9.64 Å². The van der Waals surface area contributed by atoms with Crippen molar-refractivity contribution in [3.05, 3.63) is 119 Å². The Balaban J connectivity index is 1.33. The van der Waals surface area contributed by atoms with Crippen LogP contribution in [0, 0.1) is 13.8 Å². The summed E-state index contributed by atoms with van der Waals surface area (Å²) in [5.74, 6) is -0.318. The number of fused-ring (bicyclic) bond motifs is 2. The minimum Gasteiger partial charge on any atom is -0.493 e. The van der Waals surface area contributed by atoms with E-state index in [1.165, 1.54) is 12.1 Å². The lowest BCUT2D eigenvalue weighted by molar-refractivity contribution is -0.114. The van der Waals surface area contributed by atoms with Crippen LogP contribution in [0.1, 0.15) is 45.7 Å². The topological polar surface area (TPSA) is 84.7 Å². The number of amides is 1. The molecule has 1 aromatic heterocycles. The zero-order chi connectivity index (χ0) is 31.0. The van der Waals surface area contributed by atoms with Crippen molar-refractivity contribution in [1.29, 1.82) is 0 Å². The number of allylic oxidation sites excluding steroid dienone is 1. The SMILES string of the molecule is Cc1nn(C)c(C)c1-c1cccc2c1CC(C(=O)N(C)c1cccc(C(=O)O)c1)=C2CCCOc1cccc2ccccc12. The molecular formula is C37H35N3O4. The molecule has 0 saturated carbocycles. The second-order valence-electron chi connectivity index (χ2n) is 11.3. The van der Waals surface area contributed by atoms with Crippen LogP contribution in [0.5, 0.6) is 5.75 Å². The van der Waals surface area contributed by atoms with Gasteiger partial charge in [0.05, 0.1) is 17.9 Å². The Morgan fingerprint density at radius 2 is 1.68 bits per heavy atom. The van der Waals surface area contributed by atoms with E-state index in [0.717, 1.165) is 67.7 Å². The van der Waals surface area contributed by atoms with E-state index >= 15 is 0 Å². The summed E-state index contributed by atoms with van der Waals surface area (Å²) < 4.78 is 8.15. The van der Waals surface area contributed by atoms with Crippen molar-refractivity contribution >= 4 is 33.9 Å². The van der Waals surface area contributed by atoms with Crippen molar-refractivity contribution in [2.45, 2.75) is 33.1 Å². The normalized spacial score (nSPS) is 12.5. The number of likely N-dealkylation sites (N-methyl/N-ethyl adjacent to an activating group) is 1. The summed E-state index contributed by atoms with van der Waals surface area (Å²) in [4.78, 5) is 27.3. The number of benzene rings is 4. The number of aryl methyl sites for hydroxylation is 2. The van der Waals surface area contributed by atoms with Crippen molar-refractivity contribution in [3.63, 3.8) is 0 Å². The summed E-state index contributed by atoms with van der Waals surface area (Å²) >= 11 is 0. The Bertz CT molecular complexity index is 1950. The van der Waals surface area contributed by atoms with Gasteiger partial charge >= 0.3 is 5.97 Å². The van der Waals surface area contributed by atoms with E-state index in [1.807, 2.05) is 42.9 Å². The molecule has 1 aliphatic carbocycles. The number of anilines is 1. The summed E-state index contributed by atoms with van der Waals surface area (Å²) in [6, 6.07) is 27.0. The van der Waals surface area contributed by atoms with Gasteiger partial charge in [-0.2, -0.15) is 5.10 Å². The van der Waals surface area contributed by atoms with Crippen LogP contribution in [0.15, 0.2) is 90.5 Å². The molecule has 7 heteroatoms. The summed E-state index contributed by atoms with van der Waals surface area (Å²) in [5.41, 5.74) is 8.81. The number of aromatic carboxylic acids is 1. The van der Waals surface area contributed by atoms with Crippen LogP contribution in [-0.2, 0) is 18.3 Å². The largest absolute Gasteiger partial charge is 0.493 e. The predicted octanol–water partition coefficient (Wildman–Crippen LogP) is 7.39. The van der Waals surface area contributed by atoms with Crippen LogP contribution >= 0.6 is 0 Å². The lowest BCUT2D eigenvalue weighted by atomic mass is 9.93. The van der Waals surface area contributed by atoms with Gasteiger partial charge in [-0.25, -0.2) is 4.79 Å². The molecule has 44 heavy (non-hydrogen) atoms. The van der Waals surface area contributed by atoms with Gasteiger partial charge in [-0.1, -0.05) is 60.7 Å². The molecule has 1 heterocycles. The first-order valence-corrected chi connectivity index (χ1v) is 14.8. The van der Waals surface area contributed by atoms with E-state index in [4.69, 9.17) is 4.74 Å². The average Bonchev–Trinajstić information content (AvgIpc) is 3.53. The Kier molecular flexibility index (Phi) is 7.78. The molecule has 1 N–H and O–H groups in total. The number of carbonyl (C=O) groups is 2. The molecule has 0 aliphatic heterocycles. The molecule has 0 atom stereocenters. The van der Waals surface area contributed by atoms with Gasteiger partial charge in [-0.15, -0.1) is 0 Å². The number of aromatic nitrogens is 2. The summed E-state index contributed by atoms with van der Waals surface area (Å²) in [7, 11) is 3.65. The van der Waals surface area contributed by atoms with Crippen LogP contribution in [0.25, 0.3) is 27.5 Å². The molecule has 0 spiro atoms. The van der Waals surface area contributed by atoms with E-state index in [0.29, 0.717) is 25.1 Å². The fraction of sp³-hybridized carbons (Fsp3) is 0.216. The smallest absolute Gasteiger partial charge is 0.335 e. The molecule has 0 fully saturated rings. The van der Waals surface area contributed by atoms with Crippen LogP contribution in [-0.4, -0.2) is 40.4 Å². The number of hydrogen-bond acceptors (Lipinski definition) is 4. The summed E-state index contributed by atoms with van der Waals surface area (Å²) in [6.07, 6.45) is 1.87. The number of hydrogen-bond donors (Lipinski definition) is 1. The summed E-state index contributed by atoms with van der Waals surface area (Å²) in [6.45, 7) is 4.59. The van der Waals surface area contributed by atoms with Crippen molar-refractivity contribution in [2.75, 3.05) is 18.6 Å². The maximum atomic E-state index is 14.2. The van der Waals surface area contributed by atoms with Gasteiger partial charge in [0.15, 0.2) is 0 Å². The Hall–Kier alpha value is -5.17. The van der Waals surface area contributed by atoms with E-state index < -0.39 is 5.97 Å². The summed E-state index contributed by atoms with van der Waals surface area (Å²) in [5, 5.41) is 16.4. The lowest BCUT2D eigenvalue weighted by Crippen LogP contribution is -2.28. The lowest BCUT2D eigenvalue weighted by Gasteiger charge is -2.20. The molecule has 5 aromatic rings. The third-order valence-electron chi connectivity index (χ3n) is 8.62. The van der Waals surface area contributed by atoms with Crippen molar-refractivity contribution in [2.24, 2.45) is 7.05 Å². The number of ether oxygens (including phenoxy) is 1.